The topological polar surface area (TPSA) is 46.6 Å². The second-order valence-electron chi connectivity index (χ2n) is 11.3. The van der Waals surface area contributed by atoms with Crippen LogP contribution in [0.25, 0.3) is 0 Å². The number of hydrogen-bond donors (Lipinski definition) is 0. The molecule has 3 aromatic carbocycles. The van der Waals surface area contributed by atoms with Gasteiger partial charge in [0.25, 0.3) is 0 Å². The van der Waals surface area contributed by atoms with E-state index in [4.69, 9.17) is 0 Å². The second kappa shape index (κ2) is 14.7. The molecule has 1 aliphatic rings. The maximum absolute atomic E-state index is 10.1. The van der Waals surface area contributed by atoms with Crippen LogP contribution in [0.2, 0.25) is 0 Å². The Morgan fingerprint density at radius 2 is 0.923 bits per heavy atom. The number of carboxylic acid groups (broad SMARTS) is 1. The number of nitrogens with zero attached hydrogens (tertiary/aromatic N) is 2. The number of carbonyl (C=O) groups is 1. The van der Waals surface area contributed by atoms with Gasteiger partial charge in [0.15, 0.2) is 0 Å². The molecule has 0 spiro atoms. The molecule has 5 heteroatoms. The zero-order chi connectivity index (χ0) is 28.0. The van der Waals surface area contributed by atoms with Crippen molar-refractivity contribution in [2.75, 3.05) is 22.9 Å². The van der Waals surface area contributed by atoms with Gasteiger partial charge in [-0.2, -0.15) is 0 Å². The van der Waals surface area contributed by atoms with Crippen molar-refractivity contribution in [2.45, 2.75) is 79.1 Å². The van der Waals surface area contributed by atoms with Gasteiger partial charge in [0.1, 0.15) is 6.67 Å². The Labute approximate surface area is 251 Å². The Hall–Kier alpha value is -2.53. The fourth-order valence-corrected chi connectivity index (χ4v) is 5.10. The molecule has 0 amide bonds. The summed E-state index contributed by atoms with van der Waals surface area (Å²) < 4.78 is 0. The van der Waals surface area contributed by atoms with Gasteiger partial charge < -0.3 is 19.7 Å². The van der Waals surface area contributed by atoms with Gasteiger partial charge in [0.05, 0.1) is 5.97 Å². The summed E-state index contributed by atoms with van der Waals surface area (Å²) in [5, 5.41) is 10.1. The van der Waals surface area contributed by atoms with Crippen LogP contribution in [0.3, 0.4) is 0 Å². The number of para-hydroxylation sites is 2. The first-order valence-corrected chi connectivity index (χ1v) is 13.9. The summed E-state index contributed by atoms with van der Waals surface area (Å²) in [6.45, 7) is 22.9. The van der Waals surface area contributed by atoms with Crippen molar-refractivity contribution in [2.24, 2.45) is 0 Å². The number of carboxylic acids is 1. The molecule has 4 nitrogen and oxygen atoms in total. The van der Waals surface area contributed by atoms with Crippen molar-refractivity contribution in [1.82, 2.24) is 0 Å². The van der Waals surface area contributed by atoms with E-state index in [9.17, 15) is 9.90 Å². The van der Waals surface area contributed by atoms with Crippen LogP contribution < -0.4 is 14.9 Å². The predicted molar refractivity (Wildman–Crippen MR) is 159 cm³/mol. The van der Waals surface area contributed by atoms with E-state index < -0.39 is 5.97 Å². The molecule has 1 heterocycles. The van der Waals surface area contributed by atoms with Crippen LogP contribution in [0.5, 0.6) is 0 Å². The molecule has 0 unspecified atom stereocenters. The molecule has 0 aliphatic carbocycles. The normalized spacial score (nSPS) is 13.1. The number of aromatic carboxylic acids is 1. The molecule has 4 rings (SSSR count). The summed E-state index contributed by atoms with van der Waals surface area (Å²) in [7, 11) is 0. The largest absolute Gasteiger partial charge is 1.00 e. The summed E-state index contributed by atoms with van der Waals surface area (Å²) in [5.74, 6) is 0.928. The summed E-state index contributed by atoms with van der Waals surface area (Å²) in [6, 6.07) is 21.8. The monoisotopic (exact) mass is 619 g/mol. The SMILES string of the molecule is CC(C)c1cccc(C(C)C)c1N1[CH]N(c2c(C(C)C)cccc2C(C)C)CC1.O=C([O-])c1ccccc1.[Ag+]. The fraction of sp³-hybridized carbons (Fsp3) is 0.412. The summed E-state index contributed by atoms with van der Waals surface area (Å²) in [5.41, 5.74) is 8.89. The molecule has 39 heavy (non-hydrogen) atoms. The Bertz CT molecular complexity index is 1080. The van der Waals surface area contributed by atoms with Gasteiger partial charge >= 0.3 is 22.4 Å². The molecule has 0 N–H and O–H groups in total. The zero-order valence-electron chi connectivity index (χ0n) is 24.7. The molecule has 1 aliphatic heterocycles. The minimum Gasteiger partial charge on any atom is -0.545 e. The first-order chi connectivity index (χ1) is 18.0. The maximum atomic E-state index is 10.1. The van der Waals surface area contributed by atoms with Gasteiger partial charge in [-0.05, 0) is 51.5 Å². The second-order valence-corrected chi connectivity index (χ2v) is 11.3. The molecule has 0 atom stereocenters. The van der Waals surface area contributed by atoms with E-state index in [1.165, 1.54) is 45.8 Å². The van der Waals surface area contributed by atoms with E-state index in [1.807, 2.05) is 0 Å². The van der Waals surface area contributed by atoms with E-state index in [1.54, 1.807) is 18.2 Å². The third-order valence-corrected chi connectivity index (χ3v) is 7.13. The van der Waals surface area contributed by atoms with Gasteiger partial charge in [-0.3, -0.25) is 0 Å². The molecule has 0 aromatic heterocycles. The van der Waals surface area contributed by atoms with E-state index in [2.05, 4.69) is 108 Å². The number of hydrogen-bond acceptors (Lipinski definition) is 4. The quantitative estimate of drug-likeness (QED) is 0.255. The minimum absolute atomic E-state index is 0. The van der Waals surface area contributed by atoms with Crippen molar-refractivity contribution in [3.8, 4) is 0 Å². The van der Waals surface area contributed by atoms with Gasteiger partial charge in [-0.25, -0.2) is 0 Å². The van der Waals surface area contributed by atoms with Crippen LogP contribution in [0.1, 0.15) is 112 Å². The fourth-order valence-electron chi connectivity index (χ4n) is 5.10. The number of carbonyl (C=O) groups excluding carboxylic acids is 1. The molecular formula is C34H44AgN2O2. The maximum Gasteiger partial charge on any atom is 1.00 e. The Morgan fingerprint density at radius 3 is 1.18 bits per heavy atom. The molecule has 1 saturated heterocycles. The van der Waals surface area contributed by atoms with Crippen LogP contribution in [-0.4, -0.2) is 19.1 Å². The van der Waals surface area contributed by atoms with Crippen LogP contribution >= 0.6 is 0 Å². The van der Waals surface area contributed by atoms with E-state index in [0.717, 1.165) is 13.1 Å². The van der Waals surface area contributed by atoms with Gasteiger partial charge in [0.2, 0.25) is 0 Å². The number of rotatable bonds is 7. The van der Waals surface area contributed by atoms with Crippen molar-refractivity contribution < 1.29 is 32.3 Å². The first kappa shape index (κ1) is 32.7. The van der Waals surface area contributed by atoms with Crippen molar-refractivity contribution in [1.29, 1.82) is 0 Å². The molecule has 213 valence electrons. The number of anilines is 2. The van der Waals surface area contributed by atoms with Crippen molar-refractivity contribution >= 4 is 17.3 Å². The van der Waals surface area contributed by atoms with Gasteiger partial charge in [-0.1, -0.05) is 122 Å². The molecule has 1 fully saturated rings. The Balaban J connectivity index is 0.000000453. The standard InChI is InChI=1S/C27H39N2.C7H6O2.Ag/c1-18(2)22-11-9-12-23(19(3)4)26(22)28-15-16-29(17-28)27-24(20(5)6)13-10-14-25(27)21(7)8;8-7(9)6-4-2-1-3-5-6;/h9-14,17-21H,15-16H2,1-8H3;1-5H,(H,8,9);/q;;+1/p-1. The molecular weight excluding hydrogens is 576 g/mol. The summed E-state index contributed by atoms with van der Waals surface area (Å²) in [4.78, 5) is 15.1. The van der Waals surface area contributed by atoms with Crippen molar-refractivity contribution in [3.63, 3.8) is 0 Å². The summed E-state index contributed by atoms with van der Waals surface area (Å²) in [6.07, 6.45) is 0. The van der Waals surface area contributed by atoms with Crippen LogP contribution in [0.15, 0.2) is 66.7 Å². The Kier molecular flexibility index (Phi) is 12.4. The van der Waals surface area contributed by atoms with Gasteiger partial charge in [0, 0.05) is 24.5 Å². The summed E-state index contributed by atoms with van der Waals surface area (Å²) >= 11 is 0. The smallest absolute Gasteiger partial charge is 0.545 e. The van der Waals surface area contributed by atoms with Gasteiger partial charge in [-0.15, -0.1) is 0 Å². The first-order valence-electron chi connectivity index (χ1n) is 13.9. The third-order valence-electron chi connectivity index (χ3n) is 7.13. The zero-order valence-corrected chi connectivity index (χ0v) is 26.1. The van der Waals surface area contributed by atoms with Crippen molar-refractivity contribution in [3.05, 3.63) is 101 Å². The molecule has 0 saturated carbocycles. The average molecular weight is 621 g/mol. The van der Waals surface area contributed by atoms with E-state index in [0.29, 0.717) is 23.7 Å². The molecule has 3 aromatic rings. The molecule has 1 radical (unpaired) electrons. The third kappa shape index (κ3) is 8.00. The van der Waals surface area contributed by atoms with E-state index in [-0.39, 0.29) is 27.9 Å². The molecule has 0 bridgehead atoms. The van der Waals surface area contributed by atoms with Crippen LogP contribution in [0.4, 0.5) is 11.4 Å². The van der Waals surface area contributed by atoms with E-state index >= 15 is 0 Å². The average Bonchev–Trinajstić information content (AvgIpc) is 3.38. The number of benzene rings is 3. The van der Waals surface area contributed by atoms with Crippen LogP contribution in [-0.2, 0) is 22.4 Å². The predicted octanol–water partition coefficient (Wildman–Crippen LogP) is 7.67. The minimum atomic E-state index is -1.13. The Morgan fingerprint density at radius 1 is 0.590 bits per heavy atom. The van der Waals surface area contributed by atoms with Crippen LogP contribution in [0, 0.1) is 6.67 Å².